The molecule has 0 aliphatic heterocycles. The Hall–Kier alpha value is 0.530. The van der Waals surface area contributed by atoms with Gasteiger partial charge in [-0.25, -0.2) is 5.09 Å². The zero-order valence-electron chi connectivity index (χ0n) is 5.88. The summed E-state index contributed by atoms with van der Waals surface area (Å²) in [5.74, 6) is 0. The zero-order valence-corrected chi connectivity index (χ0v) is 7.59. The molecular weight excluding hydrogens is 157 g/mol. The van der Waals surface area contributed by atoms with Gasteiger partial charge in [-0.3, -0.25) is 0 Å². The second-order valence-corrected chi connectivity index (χ2v) is 4.86. The second-order valence-electron chi connectivity index (χ2n) is 1.37. The van der Waals surface area contributed by atoms with Gasteiger partial charge in [-0.1, -0.05) is 6.92 Å². The van der Waals surface area contributed by atoms with E-state index in [2.05, 4.69) is 5.09 Å². The van der Waals surface area contributed by atoms with Crippen LogP contribution < -0.4 is 5.09 Å². The minimum Gasteiger partial charge on any atom is -0.321 e. The fraction of sp³-hybridized carbons (Fsp3) is 1.00. The van der Waals surface area contributed by atoms with Gasteiger partial charge in [0.25, 0.3) is 6.64 Å². The molecule has 0 saturated carbocycles. The van der Waals surface area contributed by atoms with Crippen LogP contribution in [0.5, 0.6) is 0 Å². The van der Waals surface area contributed by atoms with E-state index >= 15 is 0 Å². The van der Waals surface area contributed by atoms with Gasteiger partial charge in [0.05, 0.1) is 0 Å². The van der Waals surface area contributed by atoms with E-state index < -0.39 is 6.64 Å². The first-order valence-electron chi connectivity index (χ1n) is 2.65. The number of hydrogen-bond acceptors (Lipinski definition) is 3. The Morgan fingerprint density at radius 3 is 2.00 bits per heavy atom. The highest BCUT2D eigenvalue weighted by molar-refractivity contribution is 8.08. The van der Waals surface area contributed by atoms with Gasteiger partial charge in [-0.2, -0.15) is 0 Å². The fourth-order valence-corrected chi connectivity index (χ4v) is 1.58. The molecule has 0 aliphatic carbocycles. The third-order valence-electron chi connectivity index (χ3n) is 0.832. The number of rotatable bonds is 4. The Balaban J connectivity index is 3.78. The van der Waals surface area contributed by atoms with Gasteiger partial charge < -0.3 is 9.05 Å². The van der Waals surface area contributed by atoms with Crippen molar-refractivity contribution < 1.29 is 9.05 Å². The van der Waals surface area contributed by atoms with Crippen molar-refractivity contribution in [3.63, 3.8) is 0 Å². The molecule has 1 N–H and O–H groups in total. The minimum absolute atomic E-state index is 0.777. The van der Waals surface area contributed by atoms with Crippen LogP contribution in [0.4, 0.5) is 0 Å². The van der Waals surface area contributed by atoms with Crippen molar-refractivity contribution in [2.45, 2.75) is 6.92 Å². The maximum absolute atomic E-state index is 4.96. The molecule has 0 unspecified atom stereocenters. The molecule has 0 aromatic heterocycles. The van der Waals surface area contributed by atoms with Crippen molar-refractivity contribution in [2.24, 2.45) is 0 Å². The topological polar surface area (TPSA) is 30.5 Å². The standard InChI is InChI=1S/C4H12NO2PS/c1-4-5-8(9,6-2)7-3/h4H2,1-3H3,(H,5,9). The molecule has 0 aliphatic rings. The lowest BCUT2D eigenvalue weighted by molar-refractivity contribution is 0.327. The van der Waals surface area contributed by atoms with Gasteiger partial charge in [0, 0.05) is 20.8 Å². The molecule has 0 aromatic rings. The highest BCUT2D eigenvalue weighted by Gasteiger charge is 2.11. The smallest absolute Gasteiger partial charge is 0.260 e. The van der Waals surface area contributed by atoms with Gasteiger partial charge in [0.15, 0.2) is 0 Å². The molecule has 9 heavy (non-hydrogen) atoms. The third kappa shape index (κ3) is 3.28. The lowest BCUT2D eigenvalue weighted by atomic mass is 10.8. The highest BCUT2D eigenvalue weighted by atomic mass is 32.5. The van der Waals surface area contributed by atoms with Crippen LogP contribution in [0, 0.1) is 0 Å². The summed E-state index contributed by atoms with van der Waals surface area (Å²) in [6.07, 6.45) is 0. The summed E-state index contributed by atoms with van der Waals surface area (Å²) in [5.41, 5.74) is 0. The predicted molar refractivity (Wildman–Crippen MR) is 42.0 cm³/mol. The first-order valence-corrected chi connectivity index (χ1v) is 5.29. The van der Waals surface area contributed by atoms with Gasteiger partial charge >= 0.3 is 0 Å². The molecule has 0 heterocycles. The average Bonchev–Trinajstić information content (AvgIpc) is 1.89. The van der Waals surface area contributed by atoms with Crippen LogP contribution in [-0.4, -0.2) is 20.8 Å². The SMILES string of the molecule is CCNP(=S)(OC)OC. The lowest BCUT2D eigenvalue weighted by Gasteiger charge is -2.16. The van der Waals surface area contributed by atoms with E-state index in [0.29, 0.717) is 0 Å². The Kier molecular flexibility index (Phi) is 4.62. The molecule has 5 heteroatoms. The van der Waals surface area contributed by atoms with Crippen molar-refractivity contribution >= 4 is 18.4 Å². The van der Waals surface area contributed by atoms with Crippen LogP contribution >= 0.6 is 6.64 Å². The van der Waals surface area contributed by atoms with Crippen LogP contribution in [0.15, 0.2) is 0 Å². The van der Waals surface area contributed by atoms with E-state index in [-0.39, 0.29) is 0 Å². The predicted octanol–water partition coefficient (Wildman–Crippen LogP) is 1.11. The maximum atomic E-state index is 4.96. The van der Waals surface area contributed by atoms with Crippen LogP contribution in [0.1, 0.15) is 6.92 Å². The Bertz CT molecular complexity index is 111. The van der Waals surface area contributed by atoms with Crippen molar-refractivity contribution in [3.8, 4) is 0 Å². The van der Waals surface area contributed by atoms with Gasteiger partial charge in [-0.05, 0) is 11.8 Å². The largest absolute Gasteiger partial charge is 0.321 e. The molecule has 0 rings (SSSR count). The van der Waals surface area contributed by atoms with Crippen molar-refractivity contribution in [2.75, 3.05) is 20.8 Å². The molecule has 56 valence electrons. The summed E-state index contributed by atoms with van der Waals surface area (Å²) in [5, 5.41) is 2.94. The van der Waals surface area contributed by atoms with Crippen molar-refractivity contribution in [1.82, 2.24) is 5.09 Å². The summed E-state index contributed by atoms with van der Waals surface area (Å²) in [6.45, 7) is 0.636. The summed E-state index contributed by atoms with van der Waals surface area (Å²) >= 11 is 4.96. The molecule has 0 spiro atoms. The van der Waals surface area contributed by atoms with E-state index in [0.717, 1.165) is 6.54 Å². The average molecular weight is 169 g/mol. The Morgan fingerprint density at radius 1 is 1.44 bits per heavy atom. The summed E-state index contributed by atoms with van der Waals surface area (Å²) in [6, 6.07) is 0. The quantitative estimate of drug-likeness (QED) is 0.639. The minimum atomic E-state index is -2.10. The maximum Gasteiger partial charge on any atom is 0.260 e. The fourth-order valence-electron chi connectivity index (χ4n) is 0.397. The van der Waals surface area contributed by atoms with Gasteiger partial charge in [-0.15, -0.1) is 0 Å². The molecule has 0 bridgehead atoms. The summed E-state index contributed by atoms with van der Waals surface area (Å²) in [7, 11) is 3.10. The van der Waals surface area contributed by atoms with Gasteiger partial charge in [0.2, 0.25) is 0 Å². The van der Waals surface area contributed by atoms with E-state index in [1.165, 1.54) is 0 Å². The monoisotopic (exact) mass is 169 g/mol. The number of hydrogen-bond donors (Lipinski definition) is 1. The van der Waals surface area contributed by atoms with Crippen LogP contribution in [-0.2, 0) is 20.9 Å². The second kappa shape index (κ2) is 4.36. The van der Waals surface area contributed by atoms with Crippen LogP contribution in [0.2, 0.25) is 0 Å². The van der Waals surface area contributed by atoms with E-state index in [1.807, 2.05) is 6.92 Å². The summed E-state index contributed by atoms with van der Waals surface area (Å²) in [4.78, 5) is 0. The Morgan fingerprint density at radius 2 is 1.89 bits per heavy atom. The third-order valence-corrected chi connectivity index (χ3v) is 3.78. The zero-order chi connectivity index (χ0) is 7.33. The molecule has 0 atom stereocenters. The molecule has 3 nitrogen and oxygen atoms in total. The molecule has 0 radical (unpaired) electrons. The molecule has 0 aromatic carbocycles. The Labute approximate surface area is 61.0 Å². The highest BCUT2D eigenvalue weighted by Crippen LogP contribution is 2.41. The molecule has 0 amide bonds. The first kappa shape index (κ1) is 9.53. The van der Waals surface area contributed by atoms with Crippen LogP contribution in [0.3, 0.4) is 0 Å². The van der Waals surface area contributed by atoms with Crippen molar-refractivity contribution in [1.29, 1.82) is 0 Å². The number of nitrogens with one attached hydrogen (secondary N) is 1. The van der Waals surface area contributed by atoms with Crippen LogP contribution in [0.25, 0.3) is 0 Å². The summed E-state index contributed by atoms with van der Waals surface area (Å²) < 4.78 is 9.84. The van der Waals surface area contributed by atoms with Gasteiger partial charge in [0.1, 0.15) is 0 Å². The molecule has 0 saturated heterocycles. The normalized spacial score (nSPS) is 11.9. The van der Waals surface area contributed by atoms with E-state index in [9.17, 15) is 0 Å². The molecule has 0 fully saturated rings. The van der Waals surface area contributed by atoms with E-state index in [1.54, 1.807) is 14.2 Å². The molecular formula is C4H12NO2PS. The first-order chi connectivity index (χ1) is 4.18. The van der Waals surface area contributed by atoms with E-state index in [4.69, 9.17) is 20.9 Å². The lowest BCUT2D eigenvalue weighted by Crippen LogP contribution is -2.10. The van der Waals surface area contributed by atoms with Crippen molar-refractivity contribution in [3.05, 3.63) is 0 Å².